The summed E-state index contributed by atoms with van der Waals surface area (Å²) in [5.74, 6) is 1.70. The third-order valence-electron chi connectivity index (χ3n) is 5.99. The van der Waals surface area contributed by atoms with E-state index in [9.17, 15) is 0 Å². The van der Waals surface area contributed by atoms with Crippen LogP contribution in [0.15, 0.2) is 73.1 Å². The summed E-state index contributed by atoms with van der Waals surface area (Å²) in [5.41, 5.74) is 4.46. The van der Waals surface area contributed by atoms with Crippen LogP contribution in [0.5, 0.6) is 5.75 Å². The van der Waals surface area contributed by atoms with Gasteiger partial charge in [0.1, 0.15) is 5.75 Å². The van der Waals surface area contributed by atoms with Crippen molar-refractivity contribution in [2.45, 2.75) is 39.0 Å². The molecule has 0 bridgehead atoms. The molecule has 7 heteroatoms. The van der Waals surface area contributed by atoms with Crippen molar-refractivity contribution in [1.29, 1.82) is 0 Å². The quantitative estimate of drug-likeness (QED) is 0.331. The molecule has 1 aliphatic rings. The van der Waals surface area contributed by atoms with Crippen molar-refractivity contribution in [3.05, 3.63) is 89.0 Å². The highest BCUT2D eigenvalue weighted by molar-refractivity contribution is 7.71. The molecule has 5 rings (SSSR count). The summed E-state index contributed by atoms with van der Waals surface area (Å²) in [4.78, 5) is 6.62. The first-order valence-corrected chi connectivity index (χ1v) is 11.6. The summed E-state index contributed by atoms with van der Waals surface area (Å²) < 4.78 is 10.00. The second kappa shape index (κ2) is 9.29. The molecule has 0 radical (unpaired) electrons. The van der Waals surface area contributed by atoms with Crippen molar-refractivity contribution in [2.24, 2.45) is 0 Å². The van der Waals surface area contributed by atoms with Crippen molar-refractivity contribution in [3.8, 4) is 22.8 Å². The van der Waals surface area contributed by atoms with Crippen molar-refractivity contribution < 1.29 is 4.74 Å². The first kappa shape index (κ1) is 21.6. The SMILES string of the molecule is COc1ccc(CN(Cn2nc(-c3ccncc3)n(-c3ccc(C)cc3)c2=S)C2CC2)cc1. The highest BCUT2D eigenvalue weighted by atomic mass is 32.1. The minimum atomic E-state index is 0.558. The smallest absolute Gasteiger partial charge is 0.204 e. The molecule has 4 aromatic rings. The summed E-state index contributed by atoms with van der Waals surface area (Å²) in [5, 5.41) is 4.98. The van der Waals surface area contributed by atoms with Gasteiger partial charge in [-0.2, -0.15) is 0 Å². The van der Waals surface area contributed by atoms with Crippen molar-refractivity contribution in [3.63, 3.8) is 0 Å². The molecule has 2 aromatic carbocycles. The topological polar surface area (TPSA) is 48.1 Å². The Labute approximate surface area is 199 Å². The first-order chi connectivity index (χ1) is 16.1. The van der Waals surface area contributed by atoms with Crippen LogP contribution in [0, 0.1) is 11.7 Å². The van der Waals surface area contributed by atoms with E-state index in [2.05, 4.69) is 57.8 Å². The molecule has 0 unspecified atom stereocenters. The molecule has 0 amide bonds. The number of hydrogen-bond donors (Lipinski definition) is 0. The average Bonchev–Trinajstić information content (AvgIpc) is 3.65. The van der Waals surface area contributed by atoms with Crippen LogP contribution < -0.4 is 4.74 Å². The average molecular weight is 458 g/mol. The minimum Gasteiger partial charge on any atom is -0.497 e. The lowest BCUT2D eigenvalue weighted by Crippen LogP contribution is -2.29. The van der Waals surface area contributed by atoms with Gasteiger partial charge in [-0.3, -0.25) is 14.5 Å². The van der Waals surface area contributed by atoms with Crippen LogP contribution >= 0.6 is 12.2 Å². The van der Waals surface area contributed by atoms with Crippen molar-refractivity contribution >= 4 is 12.2 Å². The fraction of sp³-hybridized carbons (Fsp3) is 0.269. The Morgan fingerprint density at radius 3 is 2.33 bits per heavy atom. The number of rotatable bonds is 8. The third kappa shape index (κ3) is 4.74. The van der Waals surface area contributed by atoms with E-state index in [1.54, 1.807) is 19.5 Å². The third-order valence-corrected chi connectivity index (χ3v) is 6.39. The molecule has 1 aliphatic carbocycles. The van der Waals surface area contributed by atoms with Crippen LogP contribution in [0.25, 0.3) is 17.1 Å². The molecular formula is C26H27N5OS. The zero-order chi connectivity index (χ0) is 22.8. The van der Waals surface area contributed by atoms with E-state index in [4.69, 9.17) is 22.1 Å². The maximum Gasteiger partial charge on any atom is 0.204 e. The Morgan fingerprint density at radius 2 is 1.70 bits per heavy atom. The number of aromatic nitrogens is 4. The second-order valence-electron chi connectivity index (χ2n) is 8.48. The van der Waals surface area contributed by atoms with Crippen LogP contribution in [0.1, 0.15) is 24.0 Å². The summed E-state index contributed by atoms with van der Waals surface area (Å²) in [6.45, 7) is 3.58. The lowest BCUT2D eigenvalue weighted by atomic mass is 10.2. The molecule has 0 aliphatic heterocycles. The molecule has 0 atom stereocenters. The van der Waals surface area contributed by atoms with E-state index < -0.39 is 0 Å². The Morgan fingerprint density at radius 1 is 1.00 bits per heavy atom. The first-order valence-electron chi connectivity index (χ1n) is 11.2. The molecule has 33 heavy (non-hydrogen) atoms. The molecule has 2 aromatic heterocycles. The van der Waals surface area contributed by atoms with E-state index in [1.165, 1.54) is 24.0 Å². The fourth-order valence-electron chi connectivity index (χ4n) is 3.99. The van der Waals surface area contributed by atoms with Gasteiger partial charge in [0.05, 0.1) is 13.8 Å². The molecular weight excluding hydrogens is 430 g/mol. The van der Waals surface area contributed by atoms with Gasteiger partial charge in [-0.1, -0.05) is 29.8 Å². The summed E-state index contributed by atoms with van der Waals surface area (Å²) >= 11 is 5.96. The van der Waals surface area contributed by atoms with E-state index in [1.807, 2.05) is 28.9 Å². The van der Waals surface area contributed by atoms with Gasteiger partial charge in [0.2, 0.25) is 4.77 Å². The van der Waals surface area contributed by atoms with Crippen molar-refractivity contribution in [1.82, 2.24) is 24.2 Å². The largest absolute Gasteiger partial charge is 0.497 e. The number of pyridine rings is 1. The van der Waals surface area contributed by atoms with Gasteiger partial charge < -0.3 is 4.74 Å². The molecule has 0 saturated heterocycles. The van der Waals surface area contributed by atoms with Gasteiger partial charge in [0.15, 0.2) is 5.82 Å². The van der Waals surface area contributed by atoms with Crippen LogP contribution in [0.3, 0.4) is 0 Å². The fourth-order valence-corrected chi connectivity index (χ4v) is 4.28. The summed E-state index contributed by atoms with van der Waals surface area (Å²) in [7, 11) is 1.69. The number of benzene rings is 2. The number of methoxy groups -OCH3 is 1. The zero-order valence-electron chi connectivity index (χ0n) is 18.9. The predicted octanol–water partition coefficient (Wildman–Crippen LogP) is 5.40. The Hall–Kier alpha value is -3.29. The molecule has 2 heterocycles. The predicted molar refractivity (Wildman–Crippen MR) is 132 cm³/mol. The molecule has 6 nitrogen and oxygen atoms in total. The van der Waals surface area contributed by atoms with Gasteiger partial charge >= 0.3 is 0 Å². The maximum atomic E-state index is 5.96. The molecule has 1 fully saturated rings. The summed E-state index contributed by atoms with van der Waals surface area (Å²) in [6.07, 6.45) is 5.99. The Kier molecular flexibility index (Phi) is 6.07. The number of aryl methyl sites for hydroxylation is 1. The Bertz CT molecular complexity index is 1280. The van der Waals surface area contributed by atoms with Gasteiger partial charge in [0.25, 0.3) is 0 Å². The van der Waals surface area contributed by atoms with E-state index in [-0.39, 0.29) is 0 Å². The standard InChI is InChI=1S/C26H27N5OS/c1-19-3-7-23(8-4-19)31-25(21-13-15-27-16-14-21)28-30(26(31)33)18-29(22-9-10-22)17-20-5-11-24(32-2)12-6-20/h3-8,11-16,22H,9-10,17-18H2,1-2H3. The monoisotopic (exact) mass is 457 g/mol. The molecule has 1 saturated carbocycles. The molecule has 0 N–H and O–H groups in total. The maximum absolute atomic E-state index is 5.96. The molecule has 168 valence electrons. The number of hydrogen-bond acceptors (Lipinski definition) is 5. The highest BCUT2D eigenvalue weighted by Crippen LogP contribution is 2.30. The normalized spacial score (nSPS) is 13.4. The summed E-state index contributed by atoms with van der Waals surface area (Å²) in [6, 6.07) is 21.2. The lowest BCUT2D eigenvalue weighted by molar-refractivity contribution is 0.186. The van der Waals surface area contributed by atoms with E-state index in [0.717, 1.165) is 29.4 Å². The van der Waals surface area contributed by atoms with Crippen LogP contribution in [-0.4, -0.2) is 37.4 Å². The second-order valence-corrected chi connectivity index (χ2v) is 8.85. The van der Waals surface area contributed by atoms with Gasteiger partial charge in [-0.15, -0.1) is 5.10 Å². The Balaban J connectivity index is 1.50. The minimum absolute atomic E-state index is 0.558. The van der Waals surface area contributed by atoms with Gasteiger partial charge in [-0.25, -0.2) is 4.68 Å². The lowest BCUT2D eigenvalue weighted by Gasteiger charge is -2.22. The van der Waals surface area contributed by atoms with Gasteiger partial charge in [0, 0.05) is 36.2 Å². The van der Waals surface area contributed by atoms with E-state index in [0.29, 0.717) is 17.5 Å². The van der Waals surface area contributed by atoms with E-state index >= 15 is 0 Å². The van der Waals surface area contributed by atoms with Crippen LogP contribution in [0.4, 0.5) is 0 Å². The molecule has 0 spiro atoms. The zero-order valence-corrected chi connectivity index (χ0v) is 19.7. The number of nitrogens with zero attached hydrogens (tertiary/aromatic N) is 5. The highest BCUT2D eigenvalue weighted by Gasteiger charge is 2.30. The van der Waals surface area contributed by atoms with Crippen LogP contribution in [0.2, 0.25) is 0 Å². The van der Waals surface area contributed by atoms with Gasteiger partial charge in [-0.05, 0) is 73.9 Å². The van der Waals surface area contributed by atoms with Crippen LogP contribution in [-0.2, 0) is 13.2 Å². The van der Waals surface area contributed by atoms with Crippen molar-refractivity contribution in [2.75, 3.05) is 7.11 Å². The number of ether oxygens (including phenoxy) is 1.